The van der Waals surface area contributed by atoms with Crippen molar-refractivity contribution in [2.45, 2.75) is 6.42 Å². The number of carbonyl (C=O) groups excluding carboxylic acids is 1. The topological polar surface area (TPSA) is 104 Å². The zero-order valence-electron chi connectivity index (χ0n) is 8.54. The van der Waals surface area contributed by atoms with Crippen LogP contribution in [0, 0.1) is 0 Å². The molecule has 0 atom stereocenters. The second-order valence-corrected chi connectivity index (χ2v) is 3.43. The number of carbonyl (C=O) groups is 1. The van der Waals surface area contributed by atoms with E-state index >= 15 is 0 Å². The second-order valence-electron chi connectivity index (χ2n) is 3.43. The normalized spacial score (nSPS) is 10.6. The SMILES string of the molecule is NCCC(=O)Nc1ccc2[nH]c(=O)[nH]c2c1. The van der Waals surface area contributed by atoms with Crippen molar-refractivity contribution in [3.63, 3.8) is 0 Å². The predicted molar refractivity (Wildman–Crippen MR) is 61.2 cm³/mol. The third kappa shape index (κ3) is 2.12. The van der Waals surface area contributed by atoms with E-state index in [0.29, 0.717) is 23.3 Å². The summed E-state index contributed by atoms with van der Waals surface area (Å²) in [5.74, 6) is -0.139. The van der Waals surface area contributed by atoms with E-state index in [0.717, 1.165) is 0 Å². The quantitative estimate of drug-likeness (QED) is 0.591. The highest BCUT2D eigenvalue weighted by molar-refractivity contribution is 5.93. The summed E-state index contributed by atoms with van der Waals surface area (Å²) in [5, 5.41) is 2.69. The van der Waals surface area contributed by atoms with Gasteiger partial charge in [-0.05, 0) is 18.2 Å². The van der Waals surface area contributed by atoms with Gasteiger partial charge in [-0.3, -0.25) is 4.79 Å². The van der Waals surface area contributed by atoms with Gasteiger partial charge in [0.1, 0.15) is 0 Å². The number of aromatic nitrogens is 2. The van der Waals surface area contributed by atoms with Gasteiger partial charge in [-0.15, -0.1) is 0 Å². The highest BCUT2D eigenvalue weighted by Crippen LogP contribution is 2.14. The lowest BCUT2D eigenvalue weighted by molar-refractivity contribution is -0.116. The van der Waals surface area contributed by atoms with Crippen molar-refractivity contribution in [1.82, 2.24) is 9.97 Å². The van der Waals surface area contributed by atoms with Crippen molar-refractivity contribution >= 4 is 22.6 Å². The molecule has 84 valence electrons. The summed E-state index contributed by atoms with van der Waals surface area (Å²) in [4.78, 5) is 27.5. The van der Waals surface area contributed by atoms with Crippen molar-refractivity contribution < 1.29 is 4.79 Å². The fourth-order valence-corrected chi connectivity index (χ4v) is 1.46. The number of hydrogen-bond acceptors (Lipinski definition) is 3. The summed E-state index contributed by atoms with van der Waals surface area (Å²) in [6.45, 7) is 0.315. The molecule has 0 fully saturated rings. The van der Waals surface area contributed by atoms with Gasteiger partial charge in [0.15, 0.2) is 0 Å². The number of anilines is 1. The number of imidazole rings is 1. The standard InChI is InChI=1S/C10H12N4O2/c11-4-3-9(15)12-6-1-2-7-8(5-6)14-10(16)13-7/h1-2,5H,3-4,11H2,(H,12,15)(H2,13,14,16). The number of H-pyrrole nitrogens is 2. The van der Waals surface area contributed by atoms with Gasteiger partial charge in [-0.1, -0.05) is 0 Å². The van der Waals surface area contributed by atoms with E-state index in [2.05, 4.69) is 15.3 Å². The summed E-state index contributed by atoms with van der Waals surface area (Å²) >= 11 is 0. The Bertz CT molecular complexity index is 569. The molecular weight excluding hydrogens is 208 g/mol. The summed E-state index contributed by atoms with van der Waals surface area (Å²) in [5.41, 5.74) is 7.01. The molecule has 16 heavy (non-hydrogen) atoms. The number of benzene rings is 1. The smallest absolute Gasteiger partial charge is 0.323 e. The van der Waals surface area contributed by atoms with E-state index in [9.17, 15) is 9.59 Å². The van der Waals surface area contributed by atoms with Gasteiger partial charge in [0.2, 0.25) is 5.91 Å². The number of fused-ring (bicyclic) bond motifs is 1. The molecule has 1 aromatic heterocycles. The largest absolute Gasteiger partial charge is 0.330 e. The lowest BCUT2D eigenvalue weighted by atomic mass is 10.2. The van der Waals surface area contributed by atoms with Gasteiger partial charge in [-0.2, -0.15) is 0 Å². The Balaban J connectivity index is 2.25. The molecule has 0 aliphatic rings. The Morgan fingerprint density at radius 1 is 1.31 bits per heavy atom. The molecule has 2 rings (SSSR count). The van der Waals surface area contributed by atoms with Gasteiger partial charge in [0.05, 0.1) is 11.0 Å². The van der Waals surface area contributed by atoms with Crippen LogP contribution in [0.15, 0.2) is 23.0 Å². The molecule has 0 radical (unpaired) electrons. The van der Waals surface area contributed by atoms with Crippen LogP contribution in [0.1, 0.15) is 6.42 Å². The van der Waals surface area contributed by atoms with Crippen LogP contribution >= 0.6 is 0 Å². The lowest BCUT2D eigenvalue weighted by Gasteiger charge is -2.03. The number of nitrogens with two attached hydrogens (primary N) is 1. The molecule has 0 bridgehead atoms. The van der Waals surface area contributed by atoms with E-state index < -0.39 is 0 Å². The Morgan fingerprint density at radius 3 is 2.81 bits per heavy atom. The predicted octanol–water partition coefficient (Wildman–Crippen LogP) is 0.144. The van der Waals surface area contributed by atoms with Crippen molar-refractivity contribution in [2.75, 3.05) is 11.9 Å². The van der Waals surface area contributed by atoms with Crippen LogP contribution < -0.4 is 16.7 Å². The van der Waals surface area contributed by atoms with Crippen LogP contribution in [0.3, 0.4) is 0 Å². The summed E-state index contributed by atoms with van der Waals surface area (Å²) < 4.78 is 0. The molecule has 1 amide bonds. The van der Waals surface area contributed by atoms with Crippen LogP contribution in [0.25, 0.3) is 11.0 Å². The zero-order valence-corrected chi connectivity index (χ0v) is 8.54. The number of rotatable bonds is 3. The molecule has 0 saturated heterocycles. The molecule has 0 aliphatic heterocycles. The number of hydrogen-bond donors (Lipinski definition) is 4. The van der Waals surface area contributed by atoms with E-state index in [1.54, 1.807) is 18.2 Å². The Morgan fingerprint density at radius 2 is 2.06 bits per heavy atom. The fraction of sp³-hybridized carbons (Fsp3) is 0.200. The minimum absolute atomic E-state index is 0.139. The van der Waals surface area contributed by atoms with E-state index in [4.69, 9.17) is 5.73 Å². The van der Waals surface area contributed by atoms with E-state index in [1.165, 1.54) is 0 Å². The van der Waals surface area contributed by atoms with Crippen LogP contribution in [0.4, 0.5) is 5.69 Å². The first-order chi connectivity index (χ1) is 7.69. The second kappa shape index (κ2) is 4.19. The average molecular weight is 220 g/mol. The van der Waals surface area contributed by atoms with Gasteiger partial charge in [-0.25, -0.2) is 4.79 Å². The Hall–Kier alpha value is -2.08. The van der Waals surface area contributed by atoms with Crippen molar-refractivity contribution in [3.8, 4) is 0 Å². The van der Waals surface area contributed by atoms with Gasteiger partial charge in [0.25, 0.3) is 0 Å². The first kappa shape index (κ1) is 10.4. The number of nitrogens with one attached hydrogen (secondary N) is 3. The first-order valence-corrected chi connectivity index (χ1v) is 4.91. The third-order valence-corrected chi connectivity index (χ3v) is 2.17. The van der Waals surface area contributed by atoms with Crippen molar-refractivity contribution in [2.24, 2.45) is 5.73 Å². The van der Waals surface area contributed by atoms with Gasteiger partial charge < -0.3 is 21.0 Å². The maximum atomic E-state index is 11.3. The van der Waals surface area contributed by atoms with Crippen LogP contribution in [-0.2, 0) is 4.79 Å². The summed E-state index contributed by atoms with van der Waals surface area (Å²) in [6, 6.07) is 5.15. The molecule has 5 N–H and O–H groups in total. The molecular formula is C10H12N4O2. The highest BCUT2D eigenvalue weighted by atomic mass is 16.1. The molecule has 1 aromatic carbocycles. The number of amides is 1. The summed E-state index contributed by atoms with van der Waals surface area (Å²) in [7, 11) is 0. The highest BCUT2D eigenvalue weighted by Gasteiger charge is 2.03. The van der Waals surface area contributed by atoms with Gasteiger partial charge >= 0.3 is 5.69 Å². The van der Waals surface area contributed by atoms with E-state index in [-0.39, 0.29) is 18.0 Å². The minimum Gasteiger partial charge on any atom is -0.330 e. The maximum absolute atomic E-state index is 11.3. The molecule has 0 saturated carbocycles. The molecule has 2 aromatic rings. The summed E-state index contributed by atoms with van der Waals surface area (Å²) in [6.07, 6.45) is 0.279. The molecule has 1 heterocycles. The van der Waals surface area contributed by atoms with Crippen LogP contribution in [0.2, 0.25) is 0 Å². The van der Waals surface area contributed by atoms with Crippen LogP contribution in [-0.4, -0.2) is 22.4 Å². The van der Waals surface area contributed by atoms with Crippen molar-refractivity contribution in [3.05, 3.63) is 28.7 Å². The molecule has 0 spiro atoms. The Kier molecular flexibility index (Phi) is 2.74. The third-order valence-electron chi connectivity index (χ3n) is 2.17. The van der Waals surface area contributed by atoms with Crippen molar-refractivity contribution in [1.29, 1.82) is 0 Å². The monoisotopic (exact) mass is 220 g/mol. The fourth-order valence-electron chi connectivity index (χ4n) is 1.46. The maximum Gasteiger partial charge on any atom is 0.323 e. The molecule has 6 heteroatoms. The average Bonchev–Trinajstić information content (AvgIpc) is 2.57. The van der Waals surface area contributed by atoms with Gasteiger partial charge in [0, 0.05) is 18.7 Å². The number of aromatic amines is 2. The minimum atomic E-state index is -0.263. The van der Waals surface area contributed by atoms with Crippen LogP contribution in [0.5, 0.6) is 0 Å². The Labute approximate surface area is 90.8 Å². The molecule has 6 nitrogen and oxygen atoms in total. The van der Waals surface area contributed by atoms with E-state index in [1.807, 2.05) is 0 Å². The lowest BCUT2D eigenvalue weighted by Crippen LogP contribution is -2.16. The zero-order chi connectivity index (χ0) is 11.5. The first-order valence-electron chi connectivity index (χ1n) is 4.91. The molecule has 0 unspecified atom stereocenters. The molecule has 0 aliphatic carbocycles.